The first-order valence-electron chi connectivity index (χ1n) is 9.58. The number of aldehydes is 1. The standard InChI is InChI=1S/C22H23ClN4O3S/c1-5-14-10-16(20(29)26(13-14)8-9-28)17-11-19(24-12-15-6-7-18(23)31-15)27(25-17)21(30)22(2,3)4/h5-7,9-11,13,24H,1,8,12H2,2-4H3. The molecule has 0 unspecified atom stereocenters. The van der Waals surface area contributed by atoms with E-state index in [2.05, 4.69) is 17.0 Å². The van der Waals surface area contributed by atoms with Crippen LogP contribution in [0.2, 0.25) is 4.34 Å². The van der Waals surface area contributed by atoms with Crippen molar-refractivity contribution in [1.29, 1.82) is 0 Å². The van der Waals surface area contributed by atoms with Crippen LogP contribution in [0.3, 0.4) is 0 Å². The van der Waals surface area contributed by atoms with Crippen LogP contribution in [-0.4, -0.2) is 26.5 Å². The number of carbonyl (C=O) groups excluding carboxylic acids is 2. The molecule has 7 nitrogen and oxygen atoms in total. The van der Waals surface area contributed by atoms with E-state index in [1.807, 2.05) is 12.1 Å². The summed E-state index contributed by atoms with van der Waals surface area (Å²) in [4.78, 5) is 37.9. The van der Waals surface area contributed by atoms with Gasteiger partial charge in [0.1, 0.15) is 17.8 Å². The molecule has 0 aliphatic heterocycles. The average Bonchev–Trinajstić information content (AvgIpc) is 3.32. The van der Waals surface area contributed by atoms with Crippen LogP contribution < -0.4 is 10.9 Å². The third-order valence-corrected chi connectivity index (χ3v) is 5.74. The molecule has 3 rings (SSSR count). The zero-order chi connectivity index (χ0) is 22.8. The molecule has 0 saturated carbocycles. The zero-order valence-corrected chi connectivity index (χ0v) is 19.1. The molecule has 31 heavy (non-hydrogen) atoms. The van der Waals surface area contributed by atoms with Gasteiger partial charge in [0, 0.05) is 22.6 Å². The number of aromatic nitrogens is 3. The fourth-order valence-corrected chi connectivity index (χ4v) is 3.93. The van der Waals surface area contributed by atoms with Gasteiger partial charge in [-0.15, -0.1) is 11.3 Å². The van der Waals surface area contributed by atoms with Gasteiger partial charge in [0.25, 0.3) is 11.5 Å². The summed E-state index contributed by atoms with van der Waals surface area (Å²) in [5.41, 5.74) is 0.213. The number of carbonyl (C=O) groups is 2. The maximum atomic E-state index is 13.0. The molecule has 1 N–H and O–H groups in total. The summed E-state index contributed by atoms with van der Waals surface area (Å²) in [7, 11) is 0. The van der Waals surface area contributed by atoms with Crippen molar-refractivity contribution >= 4 is 47.0 Å². The smallest absolute Gasteiger partial charge is 0.260 e. The highest BCUT2D eigenvalue weighted by Crippen LogP contribution is 2.27. The van der Waals surface area contributed by atoms with Crippen LogP contribution in [0.4, 0.5) is 5.82 Å². The Balaban J connectivity index is 2.09. The van der Waals surface area contributed by atoms with Crippen molar-refractivity contribution in [3.63, 3.8) is 0 Å². The molecule has 0 aliphatic carbocycles. The highest BCUT2D eigenvalue weighted by atomic mass is 35.5. The van der Waals surface area contributed by atoms with Crippen molar-refractivity contribution in [1.82, 2.24) is 14.3 Å². The van der Waals surface area contributed by atoms with Gasteiger partial charge in [-0.25, -0.2) is 0 Å². The van der Waals surface area contributed by atoms with Gasteiger partial charge in [-0.3, -0.25) is 9.59 Å². The second-order valence-corrected chi connectivity index (χ2v) is 9.76. The van der Waals surface area contributed by atoms with E-state index in [1.165, 1.54) is 20.6 Å². The average molecular weight is 459 g/mol. The number of thiophene rings is 1. The van der Waals surface area contributed by atoms with Gasteiger partial charge in [-0.2, -0.15) is 9.78 Å². The SMILES string of the molecule is C=Cc1cc(-c2cc(NCc3ccc(Cl)s3)n(C(=O)C(C)(C)C)n2)c(=O)n(CC=O)c1. The Bertz CT molecular complexity index is 1200. The van der Waals surface area contributed by atoms with Crippen LogP contribution in [0.15, 0.2) is 41.8 Å². The van der Waals surface area contributed by atoms with Gasteiger partial charge in [0.2, 0.25) is 0 Å². The molecule has 0 bridgehead atoms. The highest BCUT2D eigenvalue weighted by Gasteiger charge is 2.27. The van der Waals surface area contributed by atoms with Crippen LogP contribution in [-0.2, 0) is 17.9 Å². The molecular formula is C22H23ClN4O3S. The third-order valence-electron chi connectivity index (χ3n) is 4.51. The van der Waals surface area contributed by atoms with E-state index in [0.717, 1.165) is 4.88 Å². The second kappa shape index (κ2) is 9.03. The van der Waals surface area contributed by atoms with E-state index in [9.17, 15) is 14.4 Å². The maximum Gasteiger partial charge on any atom is 0.260 e. The third kappa shape index (κ3) is 5.03. The molecule has 3 aromatic rings. The minimum atomic E-state index is -0.688. The molecule has 0 amide bonds. The predicted octanol–water partition coefficient (Wildman–Crippen LogP) is 4.57. The predicted molar refractivity (Wildman–Crippen MR) is 125 cm³/mol. The lowest BCUT2D eigenvalue weighted by Crippen LogP contribution is -2.29. The topological polar surface area (TPSA) is 86.0 Å². The fraction of sp³-hybridized carbons (Fsp3) is 0.273. The van der Waals surface area contributed by atoms with Gasteiger partial charge in [-0.05, 0) is 23.8 Å². The van der Waals surface area contributed by atoms with Crippen LogP contribution in [0.1, 0.15) is 36.0 Å². The molecule has 0 spiro atoms. The number of hydrogen-bond acceptors (Lipinski definition) is 6. The quantitative estimate of drug-likeness (QED) is 0.524. The van der Waals surface area contributed by atoms with E-state index < -0.39 is 5.41 Å². The lowest BCUT2D eigenvalue weighted by molar-refractivity contribution is -0.108. The first-order chi connectivity index (χ1) is 14.6. The van der Waals surface area contributed by atoms with Crippen LogP contribution >= 0.6 is 22.9 Å². The molecule has 0 atom stereocenters. The molecule has 0 saturated heterocycles. The molecule has 0 fully saturated rings. The lowest BCUT2D eigenvalue weighted by Gasteiger charge is -2.18. The summed E-state index contributed by atoms with van der Waals surface area (Å²) in [5, 5.41) is 7.67. The van der Waals surface area contributed by atoms with Crippen LogP contribution in [0.5, 0.6) is 0 Å². The summed E-state index contributed by atoms with van der Waals surface area (Å²) in [6, 6.07) is 7.02. The number of hydrogen-bond donors (Lipinski definition) is 1. The Morgan fingerprint density at radius 1 is 1.32 bits per heavy atom. The van der Waals surface area contributed by atoms with E-state index >= 15 is 0 Å². The largest absolute Gasteiger partial charge is 0.365 e. The number of nitrogens with one attached hydrogen (secondary N) is 1. The molecule has 0 aromatic carbocycles. The summed E-state index contributed by atoms with van der Waals surface area (Å²) in [6.45, 7) is 9.50. The van der Waals surface area contributed by atoms with Crippen molar-refractivity contribution in [2.24, 2.45) is 5.41 Å². The van der Waals surface area contributed by atoms with Gasteiger partial charge >= 0.3 is 0 Å². The van der Waals surface area contributed by atoms with Gasteiger partial charge < -0.3 is 14.7 Å². The Morgan fingerprint density at radius 2 is 2.06 bits per heavy atom. The molecule has 3 aromatic heterocycles. The minimum Gasteiger partial charge on any atom is -0.365 e. The van der Waals surface area contributed by atoms with Crippen LogP contribution in [0.25, 0.3) is 17.3 Å². The van der Waals surface area contributed by atoms with Crippen LogP contribution in [0, 0.1) is 5.41 Å². The molecule has 0 radical (unpaired) electrons. The highest BCUT2D eigenvalue weighted by molar-refractivity contribution is 7.16. The first-order valence-corrected chi connectivity index (χ1v) is 10.8. The molecule has 162 valence electrons. The van der Waals surface area contributed by atoms with Gasteiger partial charge in [0.15, 0.2) is 0 Å². The minimum absolute atomic E-state index is 0.0839. The van der Waals surface area contributed by atoms with E-state index in [1.54, 1.807) is 45.2 Å². The number of pyridine rings is 1. The molecule has 9 heteroatoms. The normalized spacial score (nSPS) is 11.4. The molecular weight excluding hydrogens is 436 g/mol. The van der Waals surface area contributed by atoms with Crippen molar-refractivity contribution in [3.8, 4) is 11.3 Å². The van der Waals surface area contributed by atoms with Crippen molar-refractivity contribution < 1.29 is 9.59 Å². The second-order valence-electron chi connectivity index (χ2n) is 7.96. The Morgan fingerprint density at radius 3 is 2.65 bits per heavy atom. The van der Waals surface area contributed by atoms with Crippen molar-refractivity contribution in [3.05, 3.63) is 62.2 Å². The van der Waals surface area contributed by atoms with E-state index in [4.69, 9.17) is 11.6 Å². The van der Waals surface area contributed by atoms with Crippen molar-refractivity contribution in [2.75, 3.05) is 5.32 Å². The zero-order valence-electron chi connectivity index (χ0n) is 17.5. The Kier molecular flexibility index (Phi) is 6.62. The number of nitrogens with zero attached hydrogens (tertiary/aromatic N) is 3. The van der Waals surface area contributed by atoms with Gasteiger partial charge in [0.05, 0.1) is 23.0 Å². The summed E-state index contributed by atoms with van der Waals surface area (Å²) < 4.78 is 3.26. The fourth-order valence-electron chi connectivity index (χ4n) is 2.91. The number of anilines is 1. The lowest BCUT2D eigenvalue weighted by atomic mass is 9.96. The van der Waals surface area contributed by atoms with Crippen molar-refractivity contribution in [2.45, 2.75) is 33.9 Å². The van der Waals surface area contributed by atoms with Gasteiger partial charge in [-0.1, -0.05) is 45.0 Å². The molecule has 3 heterocycles. The number of rotatable bonds is 7. The first kappa shape index (κ1) is 22.7. The number of halogens is 1. The summed E-state index contributed by atoms with van der Waals surface area (Å²) in [6.07, 6.45) is 3.80. The summed E-state index contributed by atoms with van der Waals surface area (Å²) >= 11 is 7.44. The Labute approximate surface area is 189 Å². The summed E-state index contributed by atoms with van der Waals surface area (Å²) in [5.74, 6) is 0.239. The molecule has 0 aliphatic rings. The monoisotopic (exact) mass is 458 g/mol. The maximum absolute atomic E-state index is 13.0. The Hall–Kier alpha value is -2.97. The van der Waals surface area contributed by atoms with E-state index in [0.29, 0.717) is 34.2 Å². The van der Waals surface area contributed by atoms with E-state index in [-0.39, 0.29) is 23.6 Å².